The van der Waals surface area contributed by atoms with Crippen LogP contribution >= 0.6 is 11.6 Å². The number of sulfonamides is 1. The second-order valence-electron chi connectivity index (χ2n) is 10.5. The number of hydrogen-bond donors (Lipinski definition) is 1. The van der Waals surface area contributed by atoms with Gasteiger partial charge in [-0.2, -0.15) is 4.31 Å². The van der Waals surface area contributed by atoms with Crippen molar-refractivity contribution in [2.45, 2.75) is 4.90 Å². The number of nitrogens with one attached hydrogen (secondary N) is 1. The summed E-state index contributed by atoms with van der Waals surface area (Å²) in [6.07, 6.45) is 0. The Balaban J connectivity index is 1.24. The maximum Gasteiger partial charge on any atom is 0.339 e. The van der Waals surface area contributed by atoms with Gasteiger partial charge >= 0.3 is 5.97 Å². The number of hydrogen-bond acceptors (Lipinski definition) is 9. The fourth-order valence-electron chi connectivity index (χ4n) is 5.34. The molecule has 3 aromatic carbocycles. The number of anilines is 2. The van der Waals surface area contributed by atoms with E-state index in [1.807, 2.05) is 17.0 Å². The van der Waals surface area contributed by atoms with E-state index in [2.05, 4.69) is 10.3 Å². The number of para-hydroxylation sites is 1. The highest BCUT2D eigenvalue weighted by Crippen LogP contribution is 2.32. The molecule has 6 rings (SSSR count). The highest BCUT2D eigenvalue weighted by molar-refractivity contribution is 7.89. The fraction of sp³-hybridized carbons (Fsp3) is 0.281. The molecular formula is C32H31ClN4O7S. The van der Waals surface area contributed by atoms with Crippen LogP contribution in [0.4, 0.5) is 11.4 Å². The minimum atomic E-state index is -3.82. The summed E-state index contributed by atoms with van der Waals surface area (Å²) in [4.78, 5) is 33.3. The highest BCUT2D eigenvalue weighted by atomic mass is 35.5. The zero-order valence-electron chi connectivity index (χ0n) is 24.3. The molecule has 1 amide bonds. The molecule has 0 bridgehead atoms. The van der Waals surface area contributed by atoms with Crippen LogP contribution in [0, 0.1) is 0 Å². The van der Waals surface area contributed by atoms with Crippen molar-refractivity contribution in [2.75, 3.05) is 69.4 Å². The lowest BCUT2D eigenvalue weighted by molar-refractivity contribution is -0.119. The molecule has 0 spiro atoms. The predicted molar refractivity (Wildman–Crippen MR) is 170 cm³/mol. The zero-order chi connectivity index (χ0) is 31.4. The molecule has 3 heterocycles. The number of carbonyl (C=O) groups is 2. The van der Waals surface area contributed by atoms with Crippen molar-refractivity contribution >= 4 is 55.8 Å². The van der Waals surface area contributed by atoms with Gasteiger partial charge in [0.05, 0.1) is 59.5 Å². The molecule has 0 saturated carbocycles. The summed E-state index contributed by atoms with van der Waals surface area (Å²) >= 11 is 6.41. The van der Waals surface area contributed by atoms with Gasteiger partial charge < -0.3 is 24.4 Å². The van der Waals surface area contributed by atoms with Crippen molar-refractivity contribution < 1.29 is 32.2 Å². The Morgan fingerprint density at radius 3 is 2.33 bits per heavy atom. The summed E-state index contributed by atoms with van der Waals surface area (Å²) in [7, 11) is -3.82. The maximum atomic E-state index is 13.4. The molecule has 0 radical (unpaired) electrons. The van der Waals surface area contributed by atoms with Crippen molar-refractivity contribution in [2.24, 2.45) is 0 Å². The predicted octanol–water partition coefficient (Wildman–Crippen LogP) is 4.21. The minimum absolute atomic E-state index is 0.0454. The second-order valence-corrected chi connectivity index (χ2v) is 12.8. The third kappa shape index (κ3) is 6.80. The zero-order valence-corrected chi connectivity index (χ0v) is 25.9. The van der Waals surface area contributed by atoms with Gasteiger partial charge in [0.25, 0.3) is 5.91 Å². The first-order valence-corrected chi connectivity index (χ1v) is 16.3. The number of carbonyl (C=O) groups excluding carboxylic acids is 2. The summed E-state index contributed by atoms with van der Waals surface area (Å²) in [6.45, 7) is 2.63. The number of rotatable bonds is 8. The van der Waals surface area contributed by atoms with Gasteiger partial charge in [-0.15, -0.1) is 0 Å². The molecular weight excluding hydrogens is 620 g/mol. The van der Waals surface area contributed by atoms with E-state index in [4.69, 9.17) is 25.8 Å². The van der Waals surface area contributed by atoms with E-state index >= 15 is 0 Å². The van der Waals surface area contributed by atoms with Crippen LogP contribution in [0.5, 0.6) is 0 Å². The Bertz CT molecular complexity index is 1840. The monoisotopic (exact) mass is 650 g/mol. The van der Waals surface area contributed by atoms with Crippen molar-refractivity contribution in [3.05, 3.63) is 83.4 Å². The van der Waals surface area contributed by atoms with Gasteiger partial charge in [-0.3, -0.25) is 4.79 Å². The molecule has 13 heteroatoms. The van der Waals surface area contributed by atoms with Gasteiger partial charge in [-0.05, 0) is 36.4 Å². The van der Waals surface area contributed by atoms with Crippen molar-refractivity contribution in [3.63, 3.8) is 0 Å². The molecule has 2 saturated heterocycles. The summed E-state index contributed by atoms with van der Waals surface area (Å²) in [5, 5.41) is 3.82. The van der Waals surface area contributed by atoms with Gasteiger partial charge in [-0.1, -0.05) is 48.0 Å². The van der Waals surface area contributed by atoms with E-state index in [0.29, 0.717) is 78.1 Å². The summed E-state index contributed by atoms with van der Waals surface area (Å²) in [5.41, 5.74) is 2.88. The van der Waals surface area contributed by atoms with Gasteiger partial charge in [0.2, 0.25) is 10.0 Å². The summed E-state index contributed by atoms with van der Waals surface area (Å²) in [6, 6.07) is 20.6. The van der Waals surface area contributed by atoms with E-state index in [-0.39, 0.29) is 23.5 Å². The normalized spacial score (nSPS) is 16.0. The second kappa shape index (κ2) is 13.5. The molecule has 234 valence electrons. The average molecular weight is 651 g/mol. The lowest BCUT2D eigenvalue weighted by Gasteiger charge is -2.31. The van der Waals surface area contributed by atoms with Gasteiger partial charge in [0.1, 0.15) is 0 Å². The standard InChI is InChI=1S/C32H31ClN4O7S/c33-26-7-3-1-6-24(26)28-20-25(23-5-2-4-8-27(23)34-28)32(39)44-21-31(38)35-29-19-22(45(40,41)37-13-17-43-18-14-37)9-10-30(29)36-11-15-42-16-12-36/h1-10,19-20H,11-18,21H2,(H,35,38). The SMILES string of the molecule is O=C(COC(=O)c1cc(-c2ccccc2Cl)nc2ccccc12)Nc1cc(S(=O)(=O)N2CCOCC2)ccc1N1CCOCC1. The largest absolute Gasteiger partial charge is 0.452 e. The van der Waals surface area contributed by atoms with Crippen LogP contribution in [-0.4, -0.2) is 88.8 Å². The summed E-state index contributed by atoms with van der Waals surface area (Å²) in [5.74, 6) is -1.34. The number of morpholine rings is 2. The molecule has 0 atom stereocenters. The lowest BCUT2D eigenvalue weighted by atomic mass is 10.0. The van der Waals surface area contributed by atoms with Crippen LogP contribution in [0.3, 0.4) is 0 Å². The molecule has 1 aromatic heterocycles. The molecule has 2 aliphatic heterocycles. The first-order chi connectivity index (χ1) is 21.8. The van der Waals surface area contributed by atoms with Crippen LogP contribution < -0.4 is 10.2 Å². The number of aromatic nitrogens is 1. The molecule has 11 nitrogen and oxygen atoms in total. The van der Waals surface area contributed by atoms with E-state index < -0.39 is 28.5 Å². The Morgan fingerprint density at radius 2 is 1.58 bits per heavy atom. The maximum absolute atomic E-state index is 13.4. The first kappa shape index (κ1) is 30.9. The van der Waals surface area contributed by atoms with Crippen LogP contribution in [-0.2, 0) is 29.0 Å². The number of esters is 1. The number of benzene rings is 3. The van der Waals surface area contributed by atoms with E-state index in [0.717, 1.165) is 0 Å². The molecule has 1 N–H and O–H groups in total. The molecule has 0 aliphatic carbocycles. The van der Waals surface area contributed by atoms with Crippen molar-refractivity contribution in [3.8, 4) is 11.3 Å². The Hall–Kier alpha value is -4.07. The van der Waals surface area contributed by atoms with Gasteiger partial charge in [0, 0.05) is 42.2 Å². The Morgan fingerprint density at radius 1 is 0.889 bits per heavy atom. The van der Waals surface area contributed by atoms with Crippen LogP contribution in [0.2, 0.25) is 5.02 Å². The van der Waals surface area contributed by atoms with E-state index in [1.54, 1.807) is 48.5 Å². The van der Waals surface area contributed by atoms with Crippen LogP contribution in [0.15, 0.2) is 77.7 Å². The highest BCUT2D eigenvalue weighted by Gasteiger charge is 2.28. The quantitative estimate of drug-likeness (QED) is 0.279. The van der Waals surface area contributed by atoms with E-state index in [1.165, 1.54) is 16.4 Å². The average Bonchev–Trinajstić information content (AvgIpc) is 3.07. The third-order valence-corrected chi connectivity index (χ3v) is 9.85. The third-order valence-electron chi connectivity index (χ3n) is 7.62. The number of fused-ring (bicyclic) bond motifs is 1. The van der Waals surface area contributed by atoms with E-state index in [9.17, 15) is 18.0 Å². The topological polar surface area (TPSA) is 127 Å². The molecule has 2 aliphatic rings. The number of pyridine rings is 1. The first-order valence-electron chi connectivity index (χ1n) is 14.5. The number of halogens is 1. The fourth-order valence-corrected chi connectivity index (χ4v) is 7.01. The molecule has 4 aromatic rings. The van der Waals surface area contributed by atoms with Gasteiger partial charge in [0.15, 0.2) is 6.61 Å². The van der Waals surface area contributed by atoms with Gasteiger partial charge in [-0.25, -0.2) is 18.2 Å². The van der Waals surface area contributed by atoms with Crippen LogP contribution in [0.1, 0.15) is 10.4 Å². The van der Waals surface area contributed by atoms with Crippen molar-refractivity contribution in [1.82, 2.24) is 9.29 Å². The Kier molecular flexibility index (Phi) is 9.29. The minimum Gasteiger partial charge on any atom is -0.452 e. The molecule has 2 fully saturated rings. The smallest absolute Gasteiger partial charge is 0.339 e. The number of nitrogens with zero attached hydrogens (tertiary/aromatic N) is 3. The molecule has 0 unspecified atom stereocenters. The number of amides is 1. The Labute approximate surface area is 265 Å². The molecule has 45 heavy (non-hydrogen) atoms. The lowest BCUT2D eigenvalue weighted by Crippen LogP contribution is -2.40. The van der Waals surface area contributed by atoms with Crippen LogP contribution in [0.25, 0.3) is 22.2 Å². The van der Waals surface area contributed by atoms with Crippen molar-refractivity contribution in [1.29, 1.82) is 0 Å². The number of ether oxygens (including phenoxy) is 3. The summed E-state index contributed by atoms with van der Waals surface area (Å²) < 4.78 is 44.4.